The number of fused-ring (bicyclic) bond motifs is 2. The maximum Gasteiger partial charge on any atom is 0.287 e. The normalized spacial score (nSPS) is 27.2. The summed E-state index contributed by atoms with van der Waals surface area (Å²) in [6.45, 7) is 12.1. The molecule has 7 atom stereocenters. The van der Waals surface area contributed by atoms with Crippen molar-refractivity contribution in [2.24, 2.45) is 34.8 Å². The van der Waals surface area contributed by atoms with Gasteiger partial charge in [0.15, 0.2) is 0 Å². The molecule has 5 rings (SSSR count). The minimum atomic E-state index is -1.11. The SMILES string of the molecule is CCCC(NC(=O)[C@@H]1C2C(CN1C(=O)[C@@H](NC(=O)C1Cc3ccccc3C1C(=O)NC(C)(C)C)C1CCCCC1)C2(C)C)C(=O)C(N)=O. The highest BCUT2D eigenvalue weighted by Gasteiger charge is 2.69. The van der Waals surface area contributed by atoms with Crippen molar-refractivity contribution < 1.29 is 28.8 Å². The highest BCUT2D eigenvalue weighted by Crippen LogP contribution is 2.65. The van der Waals surface area contributed by atoms with Crippen molar-refractivity contribution in [2.75, 3.05) is 6.54 Å². The smallest absolute Gasteiger partial charge is 0.287 e. The molecular weight excluding hydrogens is 610 g/mol. The molecule has 2 saturated carbocycles. The van der Waals surface area contributed by atoms with Gasteiger partial charge in [0.2, 0.25) is 29.4 Å². The Hall–Kier alpha value is -3.76. The molecule has 4 aliphatic rings. The Labute approximate surface area is 283 Å². The van der Waals surface area contributed by atoms with Crippen LogP contribution in [0.15, 0.2) is 24.3 Å². The summed E-state index contributed by atoms with van der Waals surface area (Å²) in [5.41, 5.74) is 6.38. The van der Waals surface area contributed by atoms with Crippen LogP contribution >= 0.6 is 0 Å². The van der Waals surface area contributed by atoms with Crippen LogP contribution in [-0.4, -0.2) is 70.4 Å². The Bertz CT molecular complexity index is 1460. The lowest BCUT2D eigenvalue weighted by Crippen LogP contribution is -2.60. The van der Waals surface area contributed by atoms with E-state index in [1.54, 1.807) is 4.90 Å². The number of piperidine rings is 1. The molecule has 1 heterocycles. The number of ketones is 1. The summed E-state index contributed by atoms with van der Waals surface area (Å²) >= 11 is 0. The summed E-state index contributed by atoms with van der Waals surface area (Å²) in [5.74, 6) is -4.85. The lowest BCUT2D eigenvalue weighted by Gasteiger charge is -2.37. The Morgan fingerprint density at radius 3 is 2.25 bits per heavy atom. The van der Waals surface area contributed by atoms with E-state index in [1.165, 1.54) is 0 Å². The first kappa shape index (κ1) is 35.5. The van der Waals surface area contributed by atoms with Crippen molar-refractivity contribution in [2.45, 2.75) is 122 Å². The Morgan fingerprint density at radius 2 is 1.62 bits per heavy atom. The predicted octanol–water partition coefficient (Wildman–Crippen LogP) is 2.74. The number of hydrogen-bond donors (Lipinski definition) is 4. The molecule has 11 nitrogen and oxygen atoms in total. The molecule has 1 aromatic rings. The van der Waals surface area contributed by atoms with Gasteiger partial charge in [0.1, 0.15) is 12.1 Å². The first-order valence-corrected chi connectivity index (χ1v) is 17.7. The molecule has 262 valence electrons. The van der Waals surface area contributed by atoms with Crippen molar-refractivity contribution >= 4 is 35.3 Å². The molecular formula is C37H53N5O6. The topological polar surface area (TPSA) is 168 Å². The van der Waals surface area contributed by atoms with Gasteiger partial charge in [-0.1, -0.05) is 70.7 Å². The maximum absolute atomic E-state index is 14.7. The molecule has 0 radical (unpaired) electrons. The molecule has 0 spiro atoms. The van der Waals surface area contributed by atoms with Crippen molar-refractivity contribution in [3.8, 4) is 0 Å². The quantitative estimate of drug-likeness (QED) is 0.266. The fourth-order valence-corrected chi connectivity index (χ4v) is 8.70. The summed E-state index contributed by atoms with van der Waals surface area (Å²) < 4.78 is 0. The number of rotatable bonds is 11. The maximum atomic E-state index is 14.7. The number of primary amides is 1. The molecule has 1 aromatic carbocycles. The zero-order chi connectivity index (χ0) is 35.1. The molecule has 3 fully saturated rings. The number of carbonyl (C=O) groups excluding carboxylic acids is 6. The Morgan fingerprint density at radius 1 is 0.958 bits per heavy atom. The van der Waals surface area contributed by atoms with Crippen molar-refractivity contribution in [3.63, 3.8) is 0 Å². The van der Waals surface area contributed by atoms with E-state index < -0.39 is 53.1 Å². The molecule has 1 saturated heterocycles. The molecule has 1 aliphatic heterocycles. The number of carbonyl (C=O) groups is 6. The fraction of sp³-hybridized carbons (Fsp3) is 0.676. The van der Waals surface area contributed by atoms with Crippen LogP contribution in [0.2, 0.25) is 0 Å². The van der Waals surface area contributed by atoms with Crippen LogP contribution in [0.1, 0.15) is 104 Å². The highest BCUT2D eigenvalue weighted by atomic mass is 16.2. The number of likely N-dealkylation sites (tertiary alicyclic amines) is 1. The third kappa shape index (κ3) is 7.01. The lowest BCUT2D eigenvalue weighted by molar-refractivity contribution is -0.146. The average Bonchev–Trinajstić information content (AvgIpc) is 3.37. The van der Waals surface area contributed by atoms with E-state index in [4.69, 9.17) is 5.73 Å². The summed E-state index contributed by atoms with van der Waals surface area (Å²) in [7, 11) is 0. The van der Waals surface area contributed by atoms with Crippen LogP contribution in [-0.2, 0) is 35.2 Å². The first-order valence-electron chi connectivity index (χ1n) is 17.7. The van der Waals surface area contributed by atoms with E-state index in [9.17, 15) is 28.8 Å². The van der Waals surface area contributed by atoms with Gasteiger partial charge in [-0.05, 0) is 80.8 Å². The van der Waals surface area contributed by atoms with Gasteiger partial charge in [0.25, 0.3) is 5.91 Å². The number of nitrogens with zero attached hydrogens (tertiary/aromatic N) is 1. The van der Waals surface area contributed by atoms with E-state index in [0.717, 1.165) is 43.2 Å². The Kier molecular flexibility index (Phi) is 10.1. The third-order valence-corrected chi connectivity index (χ3v) is 11.2. The molecule has 5 N–H and O–H groups in total. The van der Waals surface area contributed by atoms with E-state index in [1.807, 2.05) is 52.0 Å². The summed E-state index contributed by atoms with van der Waals surface area (Å²) in [5, 5.41) is 8.95. The minimum Gasteiger partial charge on any atom is -0.363 e. The zero-order valence-corrected chi connectivity index (χ0v) is 29.3. The van der Waals surface area contributed by atoms with Gasteiger partial charge >= 0.3 is 0 Å². The molecule has 5 amide bonds. The van der Waals surface area contributed by atoms with Crippen molar-refractivity contribution in [1.82, 2.24) is 20.9 Å². The van der Waals surface area contributed by atoms with Gasteiger partial charge in [-0.15, -0.1) is 0 Å². The summed E-state index contributed by atoms with van der Waals surface area (Å²) in [6, 6.07) is 4.85. The monoisotopic (exact) mass is 663 g/mol. The molecule has 11 heteroatoms. The molecule has 48 heavy (non-hydrogen) atoms. The van der Waals surface area contributed by atoms with Gasteiger partial charge in [-0.2, -0.15) is 0 Å². The van der Waals surface area contributed by atoms with Crippen LogP contribution < -0.4 is 21.7 Å². The molecule has 0 bridgehead atoms. The number of nitrogens with two attached hydrogens (primary N) is 1. The van der Waals surface area contributed by atoms with Crippen LogP contribution in [0.3, 0.4) is 0 Å². The zero-order valence-electron chi connectivity index (χ0n) is 29.3. The molecule has 0 aromatic heterocycles. The number of hydrogen-bond acceptors (Lipinski definition) is 6. The van der Waals surface area contributed by atoms with Gasteiger partial charge in [0, 0.05) is 12.1 Å². The third-order valence-electron chi connectivity index (χ3n) is 11.2. The summed E-state index contributed by atoms with van der Waals surface area (Å²) in [4.78, 5) is 82.5. The lowest BCUT2D eigenvalue weighted by atomic mass is 9.82. The number of nitrogens with one attached hydrogen (secondary N) is 3. The van der Waals surface area contributed by atoms with E-state index >= 15 is 0 Å². The van der Waals surface area contributed by atoms with Crippen LogP contribution in [0.5, 0.6) is 0 Å². The molecule has 5 unspecified atom stereocenters. The van der Waals surface area contributed by atoms with Crippen molar-refractivity contribution in [1.29, 1.82) is 0 Å². The Balaban J connectivity index is 1.42. The second-order valence-electron chi connectivity index (χ2n) is 16.1. The fourth-order valence-electron chi connectivity index (χ4n) is 8.70. The van der Waals surface area contributed by atoms with Crippen LogP contribution in [0, 0.1) is 29.1 Å². The standard InChI is InChI=1S/C37H53N5O6/c1-7-13-25(30(43)31(38)44)39-34(47)29-27-24(37(27,5)6)19-42(29)35(48)28(20-14-9-8-10-15-20)40-32(45)23-18-21-16-11-12-17-22(21)26(23)33(46)41-36(2,3)4/h11-12,16-17,20,23-29H,7-10,13-15,18-19H2,1-6H3,(H2,38,44)(H,39,47)(H,40,45)(H,41,46)/t23?,24?,25?,26?,27?,28-,29-/m0/s1. The second-order valence-corrected chi connectivity index (χ2v) is 16.1. The van der Waals surface area contributed by atoms with Crippen LogP contribution in [0.25, 0.3) is 0 Å². The predicted molar refractivity (Wildman–Crippen MR) is 180 cm³/mol. The van der Waals surface area contributed by atoms with Crippen LogP contribution in [0.4, 0.5) is 0 Å². The van der Waals surface area contributed by atoms with Crippen molar-refractivity contribution in [3.05, 3.63) is 35.4 Å². The van der Waals surface area contributed by atoms with E-state index in [2.05, 4.69) is 29.8 Å². The van der Waals surface area contributed by atoms with Gasteiger partial charge in [-0.3, -0.25) is 28.8 Å². The molecule has 3 aliphatic carbocycles. The highest BCUT2D eigenvalue weighted by molar-refractivity contribution is 6.37. The van der Waals surface area contributed by atoms with Gasteiger partial charge in [-0.25, -0.2) is 0 Å². The average molecular weight is 664 g/mol. The number of benzene rings is 1. The number of Topliss-reactive ketones (excluding diaryl/α,β-unsaturated/α-hetero) is 1. The van der Waals surface area contributed by atoms with E-state index in [0.29, 0.717) is 19.4 Å². The second kappa shape index (κ2) is 13.6. The summed E-state index contributed by atoms with van der Waals surface area (Å²) in [6.07, 6.45) is 5.64. The minimum absolute atomic E-state index is 0.0891. The van der Waals surface area contributed by atoms with Gasteiger partial charge in [0.05, 0.1) is 17.9 Å². The van der Waals surface area contributed by atoms with E-state index in [-0.39, 0.29) is 47.3 Å². The largest absolute Gasteiger partial charge is 0.363 e. The first-order chi connectivity index (χ1) is 22.6. The van der Waals surface area contributed by atoms with Gasteiger partial charge < -0.3 is 26.6 Å². The number of amides is 5.